The molecule has 6 rings (SSSR count). The fourth-order valence-electron chi connectivity index (χ4n) is 10.5. The van der Waals surface area contributed by atoms with E-state index >= 15 is 0 Å². The van der Waals surface area contributed by atoms with Gasteiger partial charge in [0.2, 0.25) is 53.2 Å². The number of urea groups is 1. The van der Waals surface area contributed by atoms with Crippen LogP contribution in [0.25, 0.3) is 0 Å². The van der Waals surface area contributed by atoms with Crippen molar-refractivity contribution in [3.63, 3.8) is 0 Å². The van der Waals surface area contributed by atoms with Crippen LogP contribution in [0.5, 0.6) is 0 Å². The summed E-state index contributed by atoms with van der Waals surface area (Å²) in [6.45, 7) is 3.30. The number of hydrogen-bond donors (Lipinski definition) is 13. The van der Waals surface area contributed by atoms with Crippen molar-refractivity contribution in [3.05, 3.63) is 30.1 Å². The lowest BCUT2D eigenvalue weighted by atomic mass is 10.0. The summed E-state index contributed by atoms with van der Waals surface area (Å²) >= 11 is 1.87. The first kappa shape index (κ1) is 69.1. The largest absolute Gasteiger partial charge is 0.379 e. The Balaban J connectivity index is 0.965. The van der Waals surface area contributed by atoms with Gasteiger partial charge in [0.15, 0.2) is 0 Å². The zero-order valence-electron chi connectivity index (χ0n) is 49.5. The fraction of sp³-hybridized carbons (Fsp3) is 0.727. The molecule has 3 fully saturated rings. The van der Waals surface area contributed by atoms with E-state index in [9.17, 15) is 47.9 Å². The van der Waals surface area contributed by atoms with Crippen molar-refractivity contribution in [2.75, 3.05) is 78.1 Å². The summed E-state index contributed by atoms with van der Waals surface area (Å²) in [4.78, 5) is 141. The third-order valence-corrected chi connectivity index (χ3v) is 16.8. The minimum atomic E-state index is -1.36. The fourth-order valence-corrected chi connectivity index (χ4v) is 12.1. The third-order valence-electron chi connectivity index (χ3n) is 15.3. The summed E-state index contributed by atoms with van der Waals surface area (Å²) in [6.07, 6.45) is 11.0. The molecule has 3 saturated heterocycles. The highest BCUT2D eigenvalue weighted by Crippen LogP contribution is 2.33. The molecular formula is C55H90N18O13S. The van der Waals surface area contributed by atoms with E-state index in [4.69, 9.17) is 31.4 Å². The van der Waals surface area contributed by atoms with Gasteiger partial charge in [-0.3, -0.25) is 47.8 Å². The number of hydrogen-bond acceptors (Lipinski definition) is 19. The maximum Gasteiger partial charge on any atom is 0.315 e. The number of primary amides is 1. The summed E-state index contributed by atoms with van der Waals surface area (Å²) in [5.41, 5.74) is 18.2. The second-order valence-electron chi connectivity index (χ2n) is 22.1. The van der Waals surface area contributed by atoms with E-state index in [-0.39, 0.29) is 82.2 Å². The Bertz CT molecular complexity index is 2550. The number of aromatic amines is 1. The molecule has 32 heteroatoms. The Hall–Kier alpha value is -7.00. The van der Waals surface area contributed by atoms with Gasteiger partial charge in [0.05, 0.1) is 68.8 Å². The molecule has 4 aliphatic heterocycles. The summed E-state index contributed by atoms with van der Waals surface area (Å²) in [6, 6.07) is -6.79. The maximum absolute atomic E-state index is 14.1. The highest BCUT2D eigenvalue weighted by molar-refractivity contribution is 8.00. The molecule has 6 heterocycles. The number of H-pyrrole nitrogens is 1. The van der Waals surface area contributed by atoms with Crippen molar-refractivity contribution < 1.29 is 62.2 Å². The summed E-state index contributed by atoms with van der Waals surface area (Å²) in [7, 11) is 0. The van der Waals surface area contributed by atoms with Gasteiger partial charge in [0.25, 0.3) is 0 Å². The van der Waals surface area contributed by atoms with Gasteiger partial charge in [-0.05, 0) is 90.0 Å². The van der Waals surface area contributed by atoms with Crippen molar-refractivity contribution in [1.29, 1.82) is 0 Å². The number of rotatable bonds is 29. The highest BCUT2D eigenvalue weighted by Gasteiger charge is 2.43. The Labute approximate surface area is 510 Å². The van der Waals surface area contributed by atoms with Gasteiger partial charge in [-0.15, -0.1) is 5.10 Å². The molecule has 31 nitrogen and oxygen atoms in total. The molecule has 16 N–H and O–H groups in total. The molecule has 2 bridgehead atoms. The number of amides is 11. The van der Waals surface area contributed by atoms with Gasteiger partial charge in [-0.25, -0.2) is 9.78 Å². The minimum Gasteiger partial charge on any atom is -0.379 e. The summed E-state index contributed by atoms with van der Waals surface area (Å²) in [5, 5.41) is 33.9. The number of unbranched alkanes of at least 4 members (excludes halogenated alkanes) is 2. The monoisotopic (exact) mass is 1240 g/mol. The van der Waals surface area contributed by atoms with Gasteiger partial charge in [-0.2, -0.15) is 11.8 Å². The van der Waals surface area contributed by atoms with Crippen LogP contribution >= 0.6 is 11.8 Å². The Morgan fingerprint density at radius 3 is 2.13 bits per heavy atom. The van der Waals surface area contributed by atoms with E-state index in [0.29, 0.717) is 127 Å². The highest BCUT2D eigenvalue weighted by atomic mass is 32.2. The first-order valence-electron chi connectivity index (χ1n) is 30.4. The number of nitrogens with one attached hydrogen (secondary N) is 10. The average molecular weight is 1240 g/mol. The first-order chi connectivity index (χ1) is 42.1. The first-order valence-corrected chi connectivity index (χ1v) is 31.5. The van der Waals surface area contributed by atoms with E-state index in [0.717, 1.165) is 25.0 Å². The summed E-state index contributed by atoms with van der Waals surface area (Å²) in [5.74, 6) is -4.44. The van der Waals surface area contributed by atoms with Crippen LogP contribution in [0.4, 0.5) is 4.79 Å². The van der Waals surface area contributed by atoms with Gasteiger partial charge < -0.3 is 89.1 Å². The standard InChI is InChI=1S/C55H90N18O13S/c56-17-5-3-10-39-52(80)67-41(29-35-30-59-34-63-35)51(79)62-31-47(76)73-21-7-12-43(73)54(82)66-38(11-4-6-20-72-32-36(70-71-72)28-37(57)49(77)64-40(53(81)65-39)15-16-45(58)74)50(78)61-19-9-23-85-25-27-86-26-24-84-22-8-18-60-46(75)14-2-1-13-44-48-42(33-87-44)68-55(83)69-48/h30,32,34,37-44,48H,1-29,31,33,56-57H2,(H2,58,74)(H,59,63)(H,60,75)(H,61,78)(H,62,79)(H,64,77)(H,65,81)(H,66,82)(H,67,80)(H2,68,69,83)/t37-,38-,39-,40-,41-,42+,43?,44+,48+/m0/s1. The molecule has 0 saturated carbocycles. The number of nitrogens with zero attached hydrogens (tertiary/aromatic N) is 5. The van der Waals surface area contributed by atoms with Gasteiger partial charge in [0.1, 0.15) is 30.2 Å². The third kappa shape index (κ3) is 24.2. The molecule has 2 aromatic rings. The minimum absolute atomic E-state index is 0.0214. The Morgan fingerprint density at radius 2 is 1.40 bits per heavy atom. The normalized spacial score (nSPS) is 24.5. The SMILES string of the molecule is NCCCC[C@@H]1NC(=O)[C@H](CCC(N)=O)NC(=O)[C@@H](N)Cc2cn(nn2)CCCC[C@@H](C(=O)NCCCOCCOCCOCCCNC(=O)CCCC[C@H]2SC[C@H]3NC(=O)N[C@H]32)NC(=O)C2CCCN2C(=O)CNC(=O)[C@H](Cc2c[nH]cn2)NC1=O. The molecule has 484 valence electrons. The predicted octanol–water partition coefficient (Wildman–Crippen LogP) is -3.47. The Kier molecular flexibility index (Phi) is 29.9. The Morgan fingerprint density at radius 1 is 0.701 bits per heavy atom. The molecule has 0 aromatic carbocycles. The lowest BCUT2D eigenvalue weighted by Gasteiger charge is -2.27. The van der Waals surface area contributed by atoms with E-state index in [1.54, 1.807) is 10.9 Å². The molecule has 4 aliphatic rings. The van der Waals surface area contributed by atoms with Crippen LogP contribution in [0.15, 0.2) is 18.7 Å². The van der Waals surface area contributed by atoms with Crippen molar-refractivity contribution >= 4 is 71.0 Å². The number of carbonyl (C=O) groups excluding carboxylic acids is 10. The number of fused-ring (bicyclic) bond motifs is 4. The summed E-state index contributed by atoms with van der Waals surface area (Å²) < 4.78 is 18.5. The second-order valence-corrected chi connectivity index (χ2v) is 23.4. The lowest BCUT2D eigenvalue weighted by Crippen LogP contribution is -2.58. The molecule has 0 aliphatic carbocycles. The zero-order chi connectivity index (χ0) is 62.3. The van der Waals surface area contributed by atoms with E-state index < -0.39 is 90.1 Å². The van der Waals surface area contributed by atoms with Gasteiger partial charge in [-0.1, -0.05) is 11.6 Å². The van der Waals surface area contributed by atoms with Crippen molar-refractivity contribution in [2.45, 2.75) is 176 Å². The van der Waals surface area contributed by atoms with Crippen LogP contribution in [-0.4, -0.2) is 221 Å². The van der Waals surface area contributed by atoms with Gasteiger partial charge >= 0.3 is 6.03 Å². The van der Waals surface area contributed by atoms with Crippen LogP contribution in [0.1, 0.15) is 114 Å². The van der Waals surface area contributed by atoms with Gasteiger partial charge in [0, 0.05) is 88.5 Å². The number of carbonyl (C=O) groups is 10. The van der Waals surface area contributed by atoms with Crippen LogP contribution in [-0.2, 0) is 76.7 Å². The van der Waals surface area contributed by atoms with E-state index in [1.165, 1.54) is 17.4 Å². The van der Waals surface area contributed by atoms with Crippen LogP contribution in [0.2, 0.25) is 0 Å². The number of ether oxygens (including phenoxy) is 3. The molecule has 1 unspecified atom stereocenters. The molecule has 11 amide bonds. The molecular weight excluding hydrogens is 1150 g/mol. The average Bonchev–Trinajstić information content (AvgIpc) is 4.40. The number of thioether (sulfide) groups is 1. The topological polar surface area (TPSA) is 447 Å². The lowest BCUT2D eigenvalue weighted by molar-refractivity contribution is -0.140. The molecule has 2 aromatic heterocycles. The van der Waals surface area contributed by atoms with Crippen molar-refractivity contribution in [2.24, 2.45) is 17.2 Å². The number of imidazole rings is 1. The molecule has 9 atom stereocenters. The molecule has 0 radical (unpaired) electrons. The quantitative estimate of drug-likeness (QED) is 0.0278. The number of nitrogens with two attached hydrogens (primary N) is 3. The maximum atomic E-state index is 14.1. The van der Waals surface area contributed by atoms with Crippen LogP contribution in [0.3, 0.4) is 0 Å². The smallest absolute Gasteiger partial charge is 0.315 e. The van der Waals surface area contributed by atoms with Crippen molar-refractivity contribution in [1.82, 2.24) is 77.7 Å². The molecule has 87 heavy (non-hydrogen) atoms. The molecule has 0 spiro atoms. The zero-order valence-corrected chi connectivity index (χ0v) is 50.3. The number of aryl methyl sites for hydroxylation is 1. The van der Waals surface area contributed by atoms with Crippen LogP contribution < -0.4 is 65.1 Å². The second kappa shape index (κ2) is 37.6. The number of aromatic nitrogens is 5. The van der Waals surface area contributed by atoms with E-state index in [2.05, 4.69) is 68.1 Å². The van der Waals surface area contributed by atoms with Crippen LogP contribution in [0, 0.1) is 0 Å². The van der Waals surface area contributed by atoms with Crippen molar-refractivity contribution in [3.8, 4) is 0 Å². The van der Waals surface area contributed by atoms with E-state index in [1.807, 2.05) is 11.8 Å². The predicted molar refractivity (Wildman–Crippen MR) is 316 cm³/mol.